The van der Waals surface area contributed by atoms with Gasteiger partial charge in [0.15, 0.2) is 0 Å². The number of fused-ring (bicyclic) bond motifs is 1. The second kappa shape index (κ2) is 8.56. The van der Waals surface area contributed by atoms with Gasteiger partial charge in [-0.3, -0.25) is 9.20 Å². The summed E-state index contributed by atoms with van der Waals surface area (Å²) in [5.41, 5.74) is 3.86. The van der Waals surface area contributed by atoms with Crippen molar-refractivity contribution in [3.63, 3.8) is 0 Å². The molecule has 0 atom stereocenters. The molecule has 0 aliphatic rings. The number of benzene rings is 1. The molecule has 0 aliphatic heterocycles. The quantitative estimate of drug-likeness (QED) is 0.555. The van der Waals surface area contributed by atoms with Gasteiger partial charge in [0.05, 0.1) is 17.9 Å². The van der Waals surface area contributed by atoms with Crippen molar-refractivity contribution < 1.29 is 14.3 Å². The largest absolute Gasteiger partial charge is 0.462 e. The van der Waals surface area contributed by atoms with E-state index in [1.807, 2.05) is 33.0 Å². The lowest BCUT2D eigenvalue weighted by atomic mass is 10.2. The molecule has 2 heterocycles. The first-order valence-corrected chi connectivity index (χ1v) is 9.99. The Balaban J connectivity index is 1.93. The minimum Gasteiger partial charge on any atom is -0.462 e. The van der Waals surface area contributed by atoms with Crippen LogP contribution in [0.25, 0.3) is 5.65 Å². The average molecular weight is 444 g/mol. The van der Waals surface area contributed by atoms with Crippen molar-refractivity contribution in [1.29, 1.82) is 0 Å². The molecule has 3 aromatic rings. The summed E-state index contributed by atoms with van der Waals surface area (Å²) in [6, 6.07) is 8.71. The highest BCUT2D eigenvalue weighted by Gasteiger charge is 2.20. The van der Waals surface area contributed by atoms with E-state index in [0.29, 0.717) is 30.0 Å². The maximum Gasteiger partial charge on any atom is 0.338 e. The number of nitrogens with zero attached hydrogens (tertiary/aromatic N) is 2. The highest BCUT2D eigenvalue weighted by Crippen LogP contribution is 2.22. The summed E-state index contributed by atoms with van der Waals surface area (Å²) in [4.78, 5) is 29.7. The fraction of sp³-hybridized carbons (Fsp3) is 0.286. The number of amides is 1. The van der Waals surface area contributed by atoms with E-state index in [2.05, 4.69) is 26.2 Å². The number of carbonyl (C=O) groups is 2. The molecule has 7 heteroatoms. The van der Waals surface area contributed by atoms with Gasteiger partial charge in [0.25, 0.3) is 5.91 Å². The Morgan fingerprint density at radius 1 is 1.25 bits per heavy atom. The number of hydrogen-bond acceptors (Lipinski definition) is 4. The zero-order valence-electron chi connectivity index (χ0n) is 16.1. The van der Waals surface area contributed by atoms with Crippen molar-refractivity contribution in [1.82, 2.24) is 9.38 Å². The van der Waals surface area contributed by atoms with E-state index >= 15 is 0 Å². The highest BCUT2D eigenvalue weighted by atomic mass is 79.9. The Morgan fingerprint density at radius 3 is 2.75 bits per heavy atom. The third-order valence-corrected chi connectivity index (χ3v) is 4.72. The van der Waals surface area contributed by atoms with Crippen LogP contribution < -0.4 is 5.32 Å². The third kappa shape index (κ3) is 4.09. The lowest BCUT2D eigenvalue weighted by Gasteiger charge is -2.09. The molecule has 28 heavy (non-hydrogen) atoms. The van der Waals surface area contributed by atoms with Crippen LogP contribution in [0.5, 0.6) is 0 Å². The molecule has 0 fully saturated rings. The van der Waals surface area contributed by atoms with E-state index in [0.717, 1.165) is 27.8 Å². The van der Waals surface area contributed by atoms with Gasteiger partial charge in [-0.15, -0.1) is 0 Å². The van der Waals surface area contributed by atoms with E-state index in [4.69, 9.17) is 4.74 Å². The molecule has 1 amide bonds. The molecule has 0 saturated heterocycles. The number of esters is 1. The van der Waals surface area contributed by atoms with Crippen LogP contribution >= 0.6 is 15.9 Å². The lowest BCUT2D eigenvalue weighted by molar-refractivity contribution is 0.0505. The fourth-order valence-corrected chi connectivity index (χ4v) is 3.54. The minimum absolute atomic E-state index is 0.277. The number of pyridine rings is 1. The monoisotopic (exact) mass is 443 g/mol. The first-order chi connectivity index (χ1) is 13.4. The van der Waals surface area contributed by atoms with Crippen LogP contribution in [0.1, 0.15) is 52.4 Å². The van der Waals surface area contributed by atoms with Crippen molar-refractivity contribution in [2.24, 2.45) is 0 Å². The zero-order chi connectivity index (χ0) is 20.3. The number of imidazole rings is 1. The highest BCUT2D eigenvalue weighted by molar-refractivity contribution is 9.10. The summed E-state index contributed by atoms with van der Waals surface area (Å²) >= 11 is 3.48. The van der Waals surface area contributed by atoms with Gasteiger partial charge in [-0.25, -0.2) is 9.78 Å². The molecular formula is C21H22BrN3O3. The van der Waals surface area contributed by atoms with Crippen LogP contribution in [0.3, 0.4) is 0 Å². The van der Waals surface area contributed by atoms with Crippen molar-refractivity contribution in [3.8, 4) is 0 Å². The molecule has 1 aromatic carbocycles. The Labute approximate surface area is 172 Å². The normalized spacial score (nSPS) is 10.9. The maximum absolute atomic E-state index is 13.0. The topological polar surface area (TPSA) is 72.7 Å². The van der Waals surface area contributed by atoms with Gasteiger partial charge in [-0.05, 0) is 65.5 Å². The third-order valence-electron chi connectivity index (χ3n) is 4.29. The molecular weight excluding hydrogens is 422 g/mol. The Morgan fingerprint density at radius 2 is 2.04 bits per heavy atom. The SMILES string of the molecule is CCCOC(=O)c1cccc(NC(=O)c2c(CC)nc3c(C)cc(Br)cn23)c1. The molecule has 0 bridgehead atoms. The molecule has 0 unspecified atom stereocenters. The standard InChI is InChI=1S/C21H22BrN3O3/c1-4-9-28-21(27)14-7-6-8-16(11-14)23-20(26)18-17(5-2)24-19-13(3)10-15(22)12-25(18)19/h6-8,10-12H,4-5,9H2,1-3H3,(H,23,26). The molecule has 146 valence electrons. The van der Waals surface area contributed by atoms with Gasteiger partial charge in [-0.1, -0.05) is 19.9 Å². The first kappa shape index (κ1) is 20.1. The molecule has 0 saturated carbocycles. The predicted octanol–water partition coefficient (Wildman–Crippen LogP) is 4.79. The van der Waals surface area contributed by atoms with Gasteiger partial charge in [0.2, 0.25) is 0 Å². The summed E-state index contributed by atoms with van der Waals surface area (Å²) in [5, 5.41) is 2.88. The summed E-state index contributed by atoms with van der Waals surface area (Å²) in [7, 11) is 0. The van der Waals surface area contributed by atoms with Crippen molar-refractivity contribution >= 4 is 39.1 Å². The predicted molar refractivity (Wildman–Crippen MR) is 112 cm³/mol. The number of rotatable bonds is 6. The summed E-state index contributed by atoms with van der Waals surface area (Å²) in [6.45, 7) is 6.23. The van der Waals surface area contributed by atoms with Crippen molar-refractivity contribution in [2.45, 2.75) is 33.6 Å². The number of aryl methyl sites for hydroxylation is 2. The smallest absolute Gasteiger partial charge is 0.338 e. The van der Waals surface area contributed by atoms with E-state index in [1.165, 1.54) is 0 Å². The zero-order valence-corrected chi connectivity index (χ0v) is 17.7. The summed E-state index contributed by atoms with van der Waals surface area (Å²) in [6.07, 6.45) is 3.22. The van der Waals surface area contributed by atoms with E-state index in [9.17, 15) is 9.59 Å². The minimum atomic E-state index is -0.401. The van der Waals surface area contributed by atoms with Crippen LogP contribution in [0, 0.1) is 6.92 Å². The number of nitrogens with one attached hydrogen (secondary N) is 1. The van der Waals surface area contributed by atoms with Crippen molar-refractivity contribution in [2.75, 3.05) is 11.9 Å². The van der Waals surface area contributed by atoms with Crippen molar-refractivity contribution in [3.05, 3.63) is 63.5 Å². The van der Waals surface area contributed by atoms with Gasteiger partial charge in [-0.2, -0.15) is 0 Å². The number of carbonyl (C=O) groups excluding carboxylic acids is 2. The van der Waals surface area contributed by atoms with Crippen LogP contribution in [-0.4, -0.2) is 27.9 Å². The molecule has 2 aromatic heterocycles. The average Bonchev–Trinajstić information content (AvgIpc) is 3.05. The molecule has 3 rings (SSSR count). The van der Waals surface area contributed by atoms with Gasteiger partial charge in [0.1, 0.15) is 11.3 Å². The number of anilines is 1. The maximum atomic E-state index is 13.0. The molecule has 1 N–H and O–H groups in total. The van der Waals surface area contributed by atoms with Crippen LogP contribution in [0.4, 0.5) is 5.69 Å². The van der Waals surface area contributed by atoms with Crippen LogP contribution in [-0.2, 0) is 11.2 Å². The summed E-state index contributed by atoms with van der Waals surface area (Å²) < 4.78 is 7.83. The van der Waals surface area contributed by atoms with Gasteiger partial charge >= 0.3 is 5.97 Å². The second-order valence-electron chi connectivity index (χ2n) is 6.47. The molecule has 6 nitrogen and oxygen atoms in total. The molecule has 0 aliphatic carbocycles. The van der Waals surface area contributed by atoms with Crippen LogP contribution in [0.15, 0.2) is 41.0 Å². The second-order valence-corrected chi connectivity index (χ2v) is 7.38. The number of ether oxygens (including phenoxy) is 1. The van der Waals surface area contributed by atoms with E-state index < -0.39 is 5.97 Å². The molecule has 0 spiro atoms. The summed E-state index contributed by atoms with van der Waals surface area (Å²) in [5.74, 6) is -0.678. The first-order valence-electron chi connectivity index (χ1n) is 9.20. The Bertz CT molecular complexity index is 1040. The number of halogens is 1. The Hall–Kier alpha value is -2.67. The number of hydrogen-bond donors (Lipinski definition) is 1. The fourth-order valence-electron chi connectivity index (χ4n) is 2.99. The Kier molecular flexibility index (Phi) is 6.14. The van der Waals surface area contributed by atoms with Gasteiger partial charge < -0.3 is 10.1 Å². The van der Waals surface area contributed by atoms with Crippen LogP contribution in [0.2, 0.25) is 0 Å². The van der Waals surface area contributed by atoms with E-state index in [-0.39, 0.29) is 5.91 Å². The lowest BCUT2D eigenvalue weighted by Crippen LogP contribution is -2.17. The van der Waals surface area contributed by atoms with E-state index in [1.54, 1.807) is 28.7 Å². The molecule has 0 radical (unpaired) electrons. The number of aromatic nitrogens is 2. The van der Waals surface area contributed by atoms with Gasteiger partial charge in [0, 0.05) is 16.4 Å².